The van der Waals surface area contributed by atoms with E-state index < -0.39 is 0 Å². The molecule has 2 heteroatoms. The van der Waals surface area contributed by atoms with Crippen molar-refractivity contribution in [3.05, 3.63) is 12.2 Å². The fourth-order valence-electron chi connectivity index (χ4n) is 1.92. The minimum atomic E-state index is -0.0683. The molecule has 1 N–H and O–H groups in total. The van der Waals surface area contributed by atoms with Gasteiger partial charge in [0.15, 0.2) is 0 Å². The quantitative estimate of drug-likeness (QED) is 0.490. The molecule has 2 aliphatic heterocycles. The highest BCUT2D eigenvalue weighted by molar-refractivity contribution is 5.13. The van der Waals surface area contributed by atoms with E-state index in [9.17, 15) is 5.11 Å². The van der Waals surface area contributed by atoms with E-state index in [1.165, 1.54) is 0 Å². The van der Waals surface area contributed by atoms with Gasteiger partial charge in [-0.25, -0.2) is 0 Å². The summed E-state index contributed by atoms with van der Waals surface area (Å²) in [4.78, 5) is 2.33. The van der Waals surface area contributed by atoms with Crippen LogP contribution in [0.5, 0.6) is 0 Å². The summed E-state index contributed by atoms with van der Waals surface area (Å²) < 4.78 is 0. The van der Waals surface area contributed by atoms with Crippen molar-refractivity contribution in [3.8, 4) is 0 Å². The van der Waals surface area contributed by atoms with Crippen LogP contribution in [0.4, 0.5) is 0 Å². The van der Waals surface area contributed by atoms with Crippen LogP contribution < -0.4 is 0 Å². The van der Waals surface area contributed by atoms with Crippen molar-refractivity contribution in [2.45, 2.75) is 31.0 Å². The third-order valence-electron chi connectivity index (χ3n) is 2.63. The molecule has 2 rings (SSSR count). The Hall–Kier alpha value is -0.340. The summed E-state index contributed by atoms with van der Waals surface area (Å²) in [6, 6.07) is 1.02. The predicted octanol–water partition coefficient (Wildman–Crippen LogP) is 0.380. The molecule has 2 aliphatic rings. The van der Waals surface area contributed by atoms with Crippen LogP contribution in [0, 0.1) is 0 Å². The highest BCUT2D eigenvalue weighted by Crippen LogP contribution is 2.28. The molecule has 2 nitrogen and oxygen atoms in total. The van der Waals surface area contributed by atoms with Gasteiger partial charge in [0.2, 0.25) is 0 Å². The van der Waals surface area contributed by atoms with E-state index in [-0.39, 0.29) is 6.10 Å². The van der Waals surface area contributed by atoms with Crippen molar-refractivity contribution >= 4 is 0 Å². The Kier molecular flexibility index (Phi) is 1.32. The van der Waals surface area contributed by atoms with Crippen LogP contribution in [0.1, 0.15) is 12.8 Å². The SMILES string of the molecule is CN1C2C=CC1CC(O)C2. The van der Waals surface area contributed by atoms with E-state index in [0.717, 1.165) is 12.8 Å². The summed E-state index contributed by atoms with van der Waals surface area (Å²) in [5.41, 5.74) is 0. The third-order valence-corrected chi connectivity index (χ3v) is 2.63. The summed E-state index contributed by atoms with van der Waals surface area (Å²) in [6.45, 7) is 0. The molecule has 2 heterocycles. The second kappa shape index (κ2) is 2.07. The second-order valence-electron chi connectivity index (χ2n) is 3.31. The average Bonchev–Trinajstić information content (AvgIpc) is 2.20. The van der Waals surface area contributed by atoms with Gasteiger partial charge >= 0.3 is 0 Å². The molecule has 2 atom stereocenters. The minimum Gasteiger partial charge on any atom is -0.393 e. The Morgan fingerprint density at radius 1 is 1.30 bits per heavy atom. The van der Waals surface area contributed by atoms with Gasteiger partial charge < -0.3 is 5.11 Å². The smallest absolute Gasteiger partial charge is 0.0576 e. The molecule has 2 unspecified atom stereocenters. The molecular formula is C8H13NO. The van der Waals surface area contributed by atoms with E-state index in [0.29, 0.717) is 12.1 Å². The van der Waals surface area contributed by atoms with Crippen LogP contribution >= 0.6 is 0 Å². The number of piperidine rings is 1. The number of nitrogens with zero attached hydrogens (tertiary/aromatic N) is 1. The molecule has 10 heavy (non-hydrogen) atoms. The summed E-state index contributed by atoms with van der Waals surface area (Å²) in [5, 5.41) is 9.34. The standard InChI is InChI=1S/C8H13NO/c1-9-6-2-3-7(9)5-8(10)4-6/h2-3,6-8,10H,4-5H2,1H3. The number of aliphatic hydroxyl groups excluding tert-OH is 1. The molecule has 0 saturated carbocycles. The summed E-state index contributed by atoms with van der Waals surface area (Å²) >= 11 is 0. The summed E-state index contributed by atoms with van der Waals surface area (Å²) in [6.07, 6.45) is 6.19. The van der Waals surface area contributed by atoms with Gasteiger partial charge in [0.25, 0.3) is 0 Å². The Balaban J connectivity index is 2.15. The first-order valence-corrected chi connectivity index (χ1v) is 3.85. The minimum absolute atomic E-state index is 0.0683. The molecule has 0 aromatic heterocycles. The summed E-state index contributed by atoms with van der Waals surface area (Å²) in [5.74, 6) is 0. The van der Waals surface area contributed by atoms with Gasteiger partial charge in [0, 0.05) is 12.1 Å². The van der Waals surface area contributed by atoms with Crippen LogP contribution in [0.15, 0.2) is 12.2 Å². The normalized spacial score (nSPS) is 46.4. The molecule has 56 valence electrons. The van der Waals surface area contributed by atoms with Crippen molar-refractivity contribution in [2.75, 3.05) is 7.05 Å². The maximum absolute atomic E-state index is 9.34. The van der Waals surface area contributed by atoms with Gasteiger partial charge in [-0.3, -0.25) is 4.90 Å². The molecule has 0 radical (unpaired) electrons. The van der Waals surface area contributed by atoms with E-state index in [1.807, 2.05) is 0 Å². The molecule has 2 bridgehead atoms. The van der Waals surface area contributed by atoms with Gasteiger partial charge in [-0.2, -0.15) is 0 Å². The largest absolute Gasteiger partial charge is 0.393 e. The lowest BCUT2D eigenvalue weighted by Gasteiger charge is -2.34. The summed E-state index contributed by atoms with van der Waals surface area (Å²) in [7, 11) is 2.13. The number of hydrogen-bond acceptors (Lipinski definition) is 2. The fourth-order valence-corrected chi connectivity index (χ4v) is 1.92. The third kappa shape index (κ3) is 0.796. The average molecular weight is 139 g/mol. The van der Waals surface area contributed by atoms with Crippen LogP contribution in [-0.2, 0) is 0 Å². The number of hydrogen-bond donors (Lipinski definition) is 1. The van der Waals surface area contributed by atoms with E-state index in [4.69, 9.17) is 0 Å². The first kappa shape index (κ1) is 6.38. The van der Waals surface area contributed by atoms with Crippen molar-refractivity contribution in [2.24, 2.45) is 0 Å². The predicted molar refractivity (Wildman–Crippen MR) is 39.7 cm³/mol. The number of aliphatic hydroxyl groups is 1. The topological polar surface area (TPSA) is 23.5 Å². The van der Waals surface area contributed by atoms with Crippen LogP contribution in [0.2, 0.25) is 0 Å². The van der Waals surface area contributed by atoms with Gasteiger partial charge in [-0.05, 0) is 19.9 Å². The maximum atomic E-state index is 9.34. The zero-order valence-electron chi connectivity index (χ0n) is 6.20. The molecular weight excluding hydrogens is 126 g/mol. The van der Waals surface area contributed by atoms with Crippen molar-refractivity contribution in [3.63, 3.8) is 0 Å². The van der Waals surface area contributed by atoms with Gasteiger partial charge in [0.1, 0.15) is 0 Å². The maximum Gasteiger partial charge on any atom is 0.0576 e. The number of rotatable bonds is 0. The zero-order chi connectivity index (χ0) is 7.14. The van der Waals surface area contributed by atoms with Crippen molar-refractivity contribution in [1.82, 2.24) is 4.90 Å². The van der Waals surface area contributed by atoms with Crippen molar-refractivity contribution in [1.29, 1.82) is 0 Å². The molecule has 0 amide bonds. The van der Waals surface area contributed by atoms with Gasteiger partial charge in [-0.1, -0.05) is 12.2 Å². The number of fused-ring (bicyclic) bond motifs is 2. The lowest BCUT2D eigenvalue weighted by molar-refractivity contribution is 0.0586. The fraction of sp³-hybridized carbons (Fsp3) is 0.750. The van der Waals surface area contributed by atoms with E-state index in [1.54, 1.807) is 0 Å². The van der Waals surface area contributed by atoms with E-state index in [2.05, 4.69) is 24.1 Å². The Bertz CT molecular complexity index is 151. The van der Waals surface area contributed by atoms with Crippen LogP contribution in [0.3, 0.4) is 0 Å². The monoisotopic (exact) mass is 139 g/mol. The van der Waals surface area contributed by atoms with Crippen LogP contribution in [0.25, 0.3) is 0 Å². The van der Waals surface area contributed by atoms with Crippen LogP contribution in [-0.4, -0.2) is 35.2 Å². The Morgan fingerprint density at radius 3 is 2.30 bits per heavy atom. The molecule has 0 aromatic carbocycles. The van der Waals surface area contributed by atoms with E-state index >= 15 is 0 Å². The Labute approximate surface area is 61.1 Å². The molecule has 1 fully saturated rings. The molecule has 0 aliphatic carbocycles. The first-order chi connectivity index (χ1) is 4.77. The highest BCUT2D eigenvalue weighted by Gasteiger charge is 2.33. The molecule has 0 spiro atoms. The second-order valence-corrected chi connectivity index (χ2v) is 3.31. The highest BCUT2D eigenvalue weighted by atomic mass is 16.3. The first-order valence-electron chi connectivity index (χ1n) is 3.85. The van der Waals surface area contributed by atoms with Crippen molar-refractivity contribution < 1.29 is 5.11 Å². The lowest BCUT2D eigenvalue weighted by atomic mass is 10.00. The van der Waals surface area contributed by atoms with Gasteiger partial charge in [0.05, 0.1) is 6.10 Å². The zero-order valence-corrected chi connectivity index (χ0v) is 6.20. The lowest BCUT2D eigenvalue weighted by Crippen LogP contribution is -2.42. The van der Waals surface area contributed by atoms with Gasteiger partial charge in [-0.15, -0.1) is 0 Å². The molecule has 1 saturated heterocycles. The molecule has 0 aromatic rings. The number of likely N-dealkylation sites (N-methyl/N-ethyl adjacent to an activating group) is 1. The Morgan fingerprint density at radius 2 is 1.80 bits per heavy atom.